The molecule has 0 saturated heterocycles. The number of hydrogen-bond donors (Lipinski definition) is 0. The number of ether oxygens (including phenoxy) is 1. The van der Waals surface area contributed by atoms with Crippen LogP contribution in [0, 0.1) is 0 Å². The molecule has 0 spiro atoms. The minimum absolute atomic E-state index is 0.699. The van der Waals surface area contributed by atoms with Crippen LogP contribution < -0.4 is 4.74 Å². The van der Waals surface area contributed by atoms with Gasteiger partial charge in [-0.2, -0.15) is 0 Å². The first-order valence-electron chi connectivity index (χ1n) is 8.57. The number of fused-ring (bicyclic) bond motifs is 3. The molecule has 3 aromatic rings. The molecule has 0 saturated carbocycles. The SMILES string of the molecule is Clc1ccc(OCCCSc2ncnc3sc4c(c23)CCCC4)cc1. The van der Waals surface area contributed by atoms with Gasteiger partial charge in [0.1, 0.15) is 21.9 Å². The van der Waals surface area contributed by atoms with Gasteiger partial charge in [-0.25, -0.2) is 9.97 Å². The Morgan fingerprint density at radius 1 is 1.12 bits per heavy atom. The first kappa shape index (κ1) is 17.1. The molecule has 0 bridgehead atoms. The van der Waals surface area contributed by atoms with Crippen molar-refractivity contribution in [2.75, 3.05) is 12.4 Å². The Morgan fingerprint density at radius 3 is 2.84 bits per heavy atom. The van der Waals surface area contributed by atoms with Crippen LogP contribution in [0.3, 0.4) is 0 Å². The van der Waals surface area contributed by atoms with Gasteiger partial charge in [-0.15, -0.1) is 23.1 Å². The minimum atomic E-state index is 0.699. The zero-order valence-corrected chi connectivity index (χ0v) is 16.2. The van der Waals surface area contributed by atoms with E-state index in [0.29, 0.717) is 6.61 Å². The van der Waals surface area contributed by atoms with Crippen molar-refractivity contribution >= 4 is 44.9 Å². The Balaban J connectivity index is 1.36. The van der Waals surface area contributed by atoms with Crippen LogP contribution in [-0.4, -0.2) is 22.3 Å². The normalized spacial score (nSPS) is 13.8. The molecule has 0 N–H and O–H groups in total. The summed E-state index contributed by atoms with van der Waals surface area (Å²) < 4.78 is 5.76. The average Bonchev–Trinajstić information content (AvgIpc) is 3.02. The Hall–Kier alpha value is -1.30. The maximum atomic E-state index is 5.88. The molecule has 25 heavy (non-hydrogen) atoms. The molecule has 130 valence electrons. The predicted octanol–water partition coefficient (Wildman–Crippen LogP) is 5.78. The van der Waals surface area contributed by atoms with Crippen LogP contribution in [0.5, 0.6) is 5.75 Å². The summed E-state index contributed by atoms with van der Waals surface area (Å²) in [7, 11) is 0. The van der Waals surface area contributed by atoms with Gasteiger partial charge in [0, 0.05) is 21.0 Å². The fourth-order valence-electron chi connectivity index (χ4n) is 3.12. The summed E-state index contributed by atoms with van der Waals surface area (Å²) in [6.45, 7) is 0.699. The summed E-state index contributed by atoms with van der Waals surface area (Å²) in [5, 5.41) is 3.18. The highest BCUT2D eigenvalue weighted by Gasteiger charge is 2.19. The zero-order valence-electron chi connectivity index (χ0n) is 13.8. The van der Waals surface area contributed by atoms with Crippen molar-refractivity contribution in [2.45, 2.75) is 37.1 Å². The number of benzene rings is 1. The molecule has 1 aliphatic rings. The molecule has 0 fully saturated rings. The fraction of sp³-hybridized carbons (Fsp3) is 0.368. The van der Waals surface area contributed by atoms with Crippen molar-refractivity contribution in [3.8, 4) is 5.75 Å². The minimum Gasteiger partial charge on any atom is -0.494 e. The highest BCUT2D eigenvalue weighted by molar-refractivity contribution is 7.99. The molecule has 1 aromatic carbocycles. The molecule has 3 nitrogen and oxygen atoms in total. The molecule has 0 aliphatic heterocycles. The van der Waals surface area contributed by atoms with E-state index in [4.69, 9.17) is 16.3 Å². The third kappa shape index (κ3) is 3.94. The van der Waals surface area contributed by atoms with Crippen LogP contribution in [-0.2, 0) is 12.8 Å². The molecule has 6 heteroatoms. The summed E-state index contributed by atoms with van der Waals surface area (Å²) in [5.74, 6) is 1.86. The number of aryl methyl sites for hydroxylation is 2. The highest BCUT2D eigenvalue weighted by atomic mass is 35.5. The number of thioether (sulfide) groups is 1. The summed E-state index contributed by atoms with van der Waals surface area (Å²) in [4.78, 5) is 11.7. The lowest BCUT2D eigenvalue weighted by Crippen LogP contribution is -2.00. The monoisotopic (exact) mass is 390 g/mol. The standard InChI is InChI=1S/C19H19ClN2OS2/c20-13-6-8-14(9-7-13)23-10-3-11-24-18-17-15-4-1-2-5-16(15)25-19(17)22-12-21-18/h6-9,12H,1-5,10-11H2. The Morgan fingerprint density at radius 2 is 1.96 bits per heavy atom. The van der Waals surface area contributed by atoms with Gasteiger partial charge in [-0.1, -0.05) is 11.6 Å². The van der Waals surface area contributed by atoms with Gasteiger partial charge in [0.25, 0.3) is 0 Å². The summed E-state index contributed by atoms with van der Waals surface area (Å²) in [6, 6.07) is 7.51. The topological polar surface area (TPSA) is 35.0 Å². The average molecular weight is 391 g/mol. The smallest absolute Gasteiger partial charge is 0.128 e. The number of hydrogen-bond acceptors (Lipinski definition) is 5. The van der Waals surface area contributed by atoms with Crippen LogP contribution >= 0.6 is 34.7 Å². The van der Waals surface area contributed by atoms with Gasteiger partial charge in [-0.3, -0.25) is 0 Å². The number of rotatable bonds is 6. The van der Waals surface area contributed by atoms with Gasteiger partial charge >= 0.3 is 0 Å². The molecule has 1 aliphatic carbocycles. The van der Waals surface area contributed by atoms with Crippen LogP contribution in [0.4, 0.5) is 0 Å². The first-order valence-corrected chi connectivity index (χ1v) is 10.8. The van der Waals surface area contributed by atoms with E-state index in [1.165, 1.54) is 41.5 Å². The third-order valence-electron chi connectivity index (χ3n) is 4.33. The summed E-state index contributed by atoms with van der Waals surface area (Å²) in [6.07, 6.45) is 7.65. The highest BCUT2D eigenvalue weighted by Crippen LogP contribution is 2.39. The summed E-state index contributed by atoms with van der Waals surface area (Å²) >= 11 is 9.56. The lowest BCUT2D eigenvalue weighted by Gasteiger charge is -2.11. The molecule has 0 unspecified atom stereocenters. The lowest BCUT2D eigenvalue weighted by molar-refractivity contribution is 0.318. The first-order chi connectivity index (χ1) is 12.3. The molecular weight excluding hydrogens is 372 g/mol. The van der Waals surface area contributed by atoms with Crippen LogP contribution in [0.1, 0.15) is 29.7 Å². The molecule has 2 heterocycles. The molecule has 0 atom stereocenters. The Bertz CT molecular complexity index is 864. The molecular formula is C19H19ClN2OS2. The third-order valence-corrected chi connectivity index (χ3v) is 6.85. The molecule has 0 radical (unpaired) electrons. The number of halogens is 1. The van der Waals surface area contributed by atoms with E-state index >= 15 is 0 Å². The lowest BCUT2D eigenvalue weighted by atomic mass is 9.97. The number of aromatic nitrogens is 2. The van der Waals surface area contributed by atoms with Crippen LogP contribution in [0.2, 0.25) is 5.02 Å². The van der Waals surface area contributed by atoms with Gasteiger partial charge in [0.05, 0.1) is 6.61 Å². The van der Waals surface area contributed by atoms with Gasteiger partial charge in [0.15, 0.2) is 0 Å². The molecule has 2 aromatic heterocycles. The van der Waals surface area contributed by atoms with Crippen molar-refractivity contribution < 1.29 is 4.74 Å². The second kappa shape index (κ2) is 7.94. The van der Waals surface area contributed by atoms with E-state index in [9.17, 15) is 0 Å². The maximum absolute atomic E-state index is 5.88. The predicted molar refractivity (Wildman–Crippen MR) is 106 cm³/mol. The molecule has 0 amide bonds. The van der Waals surface area contributed by atoms with Crippen LogP contribution in [0.15, 0.2) is 35.6 Å². The second-order valence-electron chi connectivity index (χ2n) is 6.07. The van der Waals surface area contributed by atoms with E-state index in [-0.39, 0.29) is 0 Å². The summed E-state index contributed by atoms with van der Waals surface area (Å²) in [5.41, 5.74) is 1.51. The Labute approximate surface area is 160 Å². The van der Waals surface area contributed by atoms with Crippen molar-refractivity contribution in [1.29, 1.82) is 0 Å². The largest absolute Gasteiger partial charge is 0.494 e. The van der Waals surface area contributed by atoms with Gasteiger partial charge in [-0.05, 0) is 61.9 Å². The number of nitrogens with zero attached hydrogens (tertiary/aromatic N) is 2. The van der Waals surface area contributed by atoms with E-state index < -0.39 is 0 Å². The van der Waals surface area contributed by atoms with Gasteiger partial charge in [0.2, 0.25) is 0 Å². The quantitative estimate of drug-likeness (QED) is 0.303. The van der Waals surface area contributed by atoms with E-state index in [1.807, 2.05) is 47.4 Å². The van der Waals surface area contributed by atoms with Crippen molar-refractivity contribution in [1.82, 2.24) is 9.97 Å². The van der Waals surface area contributed by atoms with Crippen molar-refractivity contribution in [2.24, 2.45) is 0 Å². The number of thiophene rings is 1. The van der Waals surface area contributed by atoms with Gasteiger partial charge < -0.3 is 4.74 Å². The van der Waals surface area contributed by atoms with E-state index in [0.717, 1.165) is 32.8 Å². The fourth-order valence-corrected chi connectivity index (χ4v) is 5.48. The van der Waals surface area contributed by atoms with E-state index in [1.54, 1.807) is 6.33 Å². The van der Waals surface area contributed by atoms with E-state index in [2.05, 4.69) is 9.97 Å². The van der Waals surface area contributed by atoms with Crippen molar-refractivity contribution in [3.05, 3.63) is 46.1 Å². The Kier molecular flexibility index (Phi) is 5.44. The van der Waals surface area contributed by atoms with Crippen molar-refractivity contribution in [3.63, 3.8) is 0 Å². The molecule has 4 rings (SSSR count). The second-order valence-corrected chi connectivity index (χ2v) is 8.68. The van der Waals surface area contributed by atoms with Crippen LogP contribution in [0.25, 0.3) is 10.2 Å². The zero-order chi connectivity index (χ0) is 17.1. The maximum Gasteiger partial charge on any atom is 0.128 e.